The molecule has 2 rings (SSSR count). The van der Waals surface area contributed by atoms with Crippen molar-refractivity contribution in [1.82, 2.24) is 15.1 Å². The lowest BCUT2D eigenvalue weighted by molar-refractivity contribution is 0.589. The lowest BCUT2D eigenvalue weighted by Crippen LogP contribution is -2.21. The quantitative estimate of drug-likeness (QED) is 0.928. The van der Waals surface area contributed by atoms with Gasteiger partial charge in [0, 0.05) is 42.0 Å². The number of rotatable bonds is 4. The average Bonchev–Trinajstić information content (AvgIpc) is 2.67. The Morgan fingerprint density at radius 1 is 1.32 bits per heavy atom. The van der Waals surface area contributed by atoms with Gasteiger partial charge in [0.1, 0.15) is 0 Å². The highest BCUT2D eigenvalue weighted by Gasteiger charge is 2.13. The standard InChI is InChI=1S/C14H17Cl2N3/c1-9(2)17-7-10-8-19(3)18-14(10)12-5-4-11(15)6-13(12)16/h4-6,8-9,17H,7H2,1-3H3. The maximum Gasteiger partial charge on any atom is 0.0982 e. The van der Waals surface area contributed by atoms with Gasteiger partial charge in [0.15, 0.2) is 0 Å². The van der Waals surface area contributed by atoms with Gasteiger partial charge in [-0.1, -0.05) is 37.0 Å². The molecule has 0 radical (unpaired) electrons. The minimum atomic E-state index is 0.425. The summed E-state index contributed by atoms with van der Waals surface area (Å²) < 4.78 is 1.80. The number of aryl methyl sites for hydroxylation is 1. The zero-order valence-electron chi connectivity index (χ0n) is 11.2. The highest BCUT2D eigenvalue weighted by molar-refractivity contribution is 6.36. The topological polar surface area (TPSA) is 29.9 Å². The van der Waals surface area contributed by atoms with Gasteiger partial charge < -0.3 is 5.32 Å². The summed E-state index contributed by atoms with van der Waals surface area (Å²) in [6.07, 6.45) is 2.01. The van der Waals surface area contributed by atoms with Crippen LogP contribution in [0.5, 0.6) is 0 Å². The Morgan fingerprint density at radius 2 is 2.05 bits per heavy atom. The van der Waals surface area contributed by atoms with Crippen molar-refractivity contribution in [2.24, 2.45) is 7.05 Å². The Hall–Kier alpha value is -1.03. The van der Waals surface area contributed by atoms with Crippen LogP contribution in [-0.4, -0.2) is 15.8 Å². The van der Waals surface area contributed by atoms with Crippen LogP contribution in [0.4, 0.5) is 0 Å². The average molecular weight is 298 g/mol. The highest BCUT2D eigenvalue weighted by atomic mass is 35.5. The van der Waals surface area contributed by atoms with Crippen molar-refractivity contribution in [3.8, 4) is 11.3 Å². The fraction of sp³-hybridized carbons (Fsp3) is 0.357. The van der Waals surface area contributed by atoms with E-state index in [1.54, 1.807) is 10.7 Å². The molecule has 0 atom stereocenters. The number of benzene rings is 1. The third kappa shape index (κ3) is 3.50. The van der Waals surface area contributed by atoms with Crippen molar-refractivity contribution in [3.63, 3.8) is 0 Å². The molecule has 0 saturated carbocycles. The zero-order valence-corrected chi connectivity index (χ0v) is 12.8. The van der Waals surface area contributed by atoms with Crippen LogP contribution in [0.15, 0.2) is 24.4 Å². The van der Waals surface area contributed by atoms with E-state index in [-0.39, 0.29) is 0 Å². The molecule has 2 aromatic rings. The summed E-state index contributed by atoms with van der Waals surface area (Å²) in [4.78, 5) is 0. The number of nitrogens with zero attached hydrogens (tertiary/aromatic N) is 2. The van der Waals surface area contributed by atoms with Gasteiger partial charge >= 0.3 is 0 Å². The molecule has 1 aromatic carbocycles. The van der Waals surface area contributed by atoms with E-state index >= 15 is 0 Å². The number of hydrogen-bond donors (Lipinski definition) is 1. The third-order valence-corrected chi connectivity index (χ3v) is 3.34. The SMILES string of the molecule is CC(C)NCc1cn(C)nc1-c1ccc(Cl)cc1Cl. The smallest absolute Gasteiger partial charge is 0.0982 e. The van der Waals surface area contributed by atoms with Crippen LogP contribution >= 0.6 is 23.2 Å². The molecule has 3 nitrogen and oxygen atoms in total. The summed E-state index contributed by atoms with van der Waals surface area (Å²) >= 11 is 12.2. The minimum absolute atomic E-state index is 0.425. The normalized spacial score (nSPS) is 11.3. The summed E-state index contributed by atoms with van der Waals surface area (Å²) in [7, 11) is 1.91. The first kappa shape index (κ1) is 14.4. The van der Waals surface area contributed by atoms with Gasteiger partial charge in [-0.05, 0) is 18.2 Å². The fourth-order valence-electron chi connectivity index (χ4n) is 1.89. The zero-order chi connectivity index (χ0) is 14.0. The molecule has 1 aromatic heterocycles. The van der Waals surface area contributed by atoms with E-state index in [0.717, 1.165) is 23.4 Å². The largest absolute Gasteiger partial charge is 0.310 e. The first-order valence-electron chi connectivity index (χ1n) is 6.18. The molecule has 19 heavy (non-hydrogen) atoms. The van der Waals surface area contributed by atoms with Crippen molar-refractivity contribution in [2.75, 3.05) is 0 Å². The molecule has 0 fully saturated rings. The molecule has 5 heteroatoms. The van der Waals surface area contributed by atoms with Crippen molar-refractivity contribution in [3.05, 3.63) is 40.0 Å². The van der Waals surface area contributed by atoms with Gasteiger partial charge in [0.25, 0.3) is 0 Å². The summed E-state index contributed by atoms with van der Waals surface area (Å²) in [5.41, 5.74) is 2.94. The van der Waals surface area contributed by atoms with Crippen LogP contribution in [-0.2, 0) is 13.6 Å². The van der Waals surface area contributed by atoms with Gasteiger partial charge in [-0.15, -0.1) is 0 Å². The molecule has 0 aliphatic carbocycles. The Labute approximate surface area is 123 Å². The van der Waals surface area contributed by atoms with Gasteiger partial charge in [0.2, 0.25) is 0 Å². The molecular weight excluding hydrogens is 281 g/mol. The maximum absolute atomic E-state index is 6.25. The van der Waals surface area contributed by atoms with E-state index in [4.69, 9.17) is 23.2 Å². The molecule has 0 aliphatic heterocycles. The van der Waals surface area contributed by atoms with Crippen molar-refractivity contribution in [1.29, 1.82) is 0 Å². The lowest BCUT2D eigenvalue weighted by Gasteiger charge is -2.09. The predicted octanol–water partition coefficient (Wildman–Crippen LogP) is 3.89. The van der Waals surface area contributed by atoms with Crippen molar-refractivity contribution in [2.45, 2.75) is 26.4 Å². The Kier molecular flexibility index (Phi) is 4.50. The monoisotopic (exact) mass is 297 g/mol. The van der Waals surface area contributed by atoms with Crippen LogP contribution in [0.2, 0.25) is 10.0 Å². The van der Waals surface area contributed by atoms with Crippen LogP contribution in [0.25, 0.3) is 11.3 Å². The molecule has 0 saturated heterocycles. The number of nitrogens with one attached hydrogen (secondary N) is 1. The van der Waals surface area contributed by atoms with Crippen LogP contribution in [0.3, 0.4) is 0 Å². The maximum atomic E-state index is 6.25. The molecule has 0 spiro atoms. The Balaban J connectivity index is 2.38. The fourth-order valence-corrected chi connectivity index (χ4v) is 2.39. The summed E-state index contributed by atoms with van der Waals surface area (Å²) in [6.45, 7) is 5.00. The molecule has 1 heterocycles. The molecule has 0 bridgehead atoms. The molecule has 0 aliphatic rings. The Morgan fingerprint density at radius 3 is 2.68 bits per heavy atom. The van der Waals surface area contributed by atoms with Gasteiger partial charge in [0.05, 0.1) is 10.7 Å². The van der Waals surface area contributed by atoms with Gasteiger partial charge in [-0.25, -0.2) is 0 Å². The molecule has 1 N–H and O–H groups in total. The minimum Gasteiger partial charge on any atom is -0.310 e. The second-order valence-electron chi connectivity index (χ2n) is 4.84. The van der Waals surface area contributed by atoms with E-state index in [1.165, 1.54) is 0 Å². The van der Waals surface area contributed by atoms with E-state index in [9.17, 15) is 0 Å². The lowest BCUT2D eigenvalue weighted by atomic mass is 10.1. The van der Waals surface area contributed by atoms with Crippen LogP contribution < -0.4 is 5.32 Å². The number of halogens is 2. The van der Waals surface area contributed by atoms with E-state index in [1.807, 2.05) is 25.4 Å². The van der Waals surface area contributed by atoms with Crippen molar-refractivity contribution >= 4 is 23.2 Å². The number of hydrogen-bond acceptors (Lipinski definition) is 2. The summed E-state index contributed by atoms with van der Waals surface area (Å²) in [5.74, 6) is 0. The second-order valence-corrected chi connectivity index (χ2v) is 5.68. The molecule has 0 unspecified atom stereocenters. The van der Waals surface area contributed by atoms with Crippen molar-refractivity contribution < 1.29 is 0 Å². The van der Waals surface area contributed by atoms with Crippen LogP contribution in [0.1, 0.15) is 19.4 Å². The predicted molar refractivity (Wildman–Crippen MR) is 80.6 cm³/mol. The third-order valence-electron chi connectivity index (χ3n) is 2.79. The molecule has 102 valence electrons. The molecular formula is C14H17Cl2N3. The number of aromatic nitrogens is 2. The van der Waals surface area contributed by atoms with Gasteiger partial charge in [-0.2, -0.15) is 5.10 Å². The van der Waals surface area contributed by atoms with E-state index < -0.39 is 0 Å². The molecule has 0 amide bonds. The van der Waals surface area contributed by atoms with E-state index in [0.29, 0.717) is 16.1 Å². The van der Waals surface area contributed by atoms with Crippen LogP contribution in [0, 0.1) is 0 Å². The Bertz CT molecular complexity index is 576. The van der Waals surface area contributed by atoms with E-state index in [2.05, 4.69) is 24.3 Å². The van der Waals surface area contributed by atoms with Gasteiger partial charge in [-0.3, -0.25) is 4.68 Å². The first-order valence-corrected chi connectivity index (χ1v) is 6.94. The highest BCUT2D eigenvalue weighted by Crippen LogP contribution is 2.31. The second kappa shape index (κ2) is 5.95. The summed E-state index contributed by atoms with van der Waals surface area (Å²) in [6, 6.07) is 5.91. The first-order chi connectivity index (χ1) is 8.97. The summed E-state index contributed by atoms with van der Waals surface area (Å²) in [5, 5.41) is 9.15.